The minimum atomic E-state index is -0.933. The Balaban J connectivity index is 0. The molecular weight excluding hydrogens is 468 g/mol. The van der Waals surface area contributed by atoms with Crippen molar-refractivity contribution in [3.63, 3.8) is 0 Å². The van der Waals surface area contributed by atoms with Gasteiger partial charge in [-0.25, -0.2) is 4.79 Å². The van der Waals surface area contributed by atoms with E-state index in [4.69, 9.17) is 22.5 Å². The van der Waals surface area contributed by atoms with Crippen LogP contribution >= 0.6 is 0 Å². The van der Waals surface area contributed by atoms with Gasteiger partial charge in [0.1, 0.15) is 12.1 Å². The maximum atomic E-state index is 11.0. The van der Waals surface area contributed by atoms with Crippen LogP contribution in [0.5, 0.6) is 0 Å². The van der Waals surface area contributed by atoms with Gasteiger partial charge in [-0.15, -0.1) is 0 Å². The molecule has 0 bridgehead atoms. The molecule has 12 heteroatoms. The van der Waals surface area contributed by atoms with E-state index >= 15 is 0 Å². The fraction of sp³-hybridized carbons (Fsp3) is 0.833. The summed E-state index contributed by atoms with van der Waals surface area (Å²) in [7, 11) is 3.63. The van der Waals surface area contributed by atoms with Crippen molar-refractivity contribution in [1.82, 2.24) is 16.0 Å². The highest BCUT2D eigenvalue weighted by Gasteiger charge is 2.16. The number of carboxylic acids is 1. The number of carbonyl (C=O) groups excluding carboxylic acids is 3. The lowest BCUT2D eigenvalue weighted by molar-refractivity contribution is -0.146. The number of carbonyl (C=O) groups is 4. The van der Waals surface area contributed by atoms with Gasteiger partial charge in [-0.1, -0.05) is 51.4 Å². The topological polar surface area (TPSA) is 212 Å². The average molecular weight is 519 g/mol. The van der Waals surface area contributed by atoms with E-state index in [9.17, 15) is 19.2 Å². The first-order valence-electron chi connectivity index (χ1n) is 13.0. The van der Waals surface area contributed by atoms with Crippen LogP contribution < -0.4 is 33.3 Å². The van der Waals surface area contributed by atoms with Gasteiger partial charge in [-0.3, -0.25) is 19.7 Å². The summed E-state index contributed by atoms with van der Waals surface area (Å²) in [5, 5.41) is 16.4. The van der Waals surface area contributed by atoms with Crippen LogP contribution in [-0.4, -0.2) is 68.1 Å². The third-order valence-electron chi connectivity index (χ3n) is 5.56. The summed E-state index contributed by atoms with van der Waals surface area (Å²) in [5.41, 5.74) is 10.4. The van der Waals surface area contributed by atoms with Gasteiger partial charge in [0.25, 0.3) is 0 Å². The lowest BCUT2D eigenvalue weighted by Crippen LogP contribution is -2.36. The Morgan fingerprint density at radius 3 is 1.78 bits per heavy atom. The Morgan fingerprint density at radius 2 is 1.44 bits per heavy atom. The second-order valence-corrected chi connectivity index (χ2v) is 8.70. The molecule has 10 N–H and O–H groups in total. The average Bonchev–Trinajstić information content (AvgIpc) is 3.28. The van der Waals surface area contributed by atoms with Gasteiger partial charge in [0.2, 0.25) is 11.8 Å². The summed E-state index contributed by atoms with van der Waals surface area (Å²) in [6, 6.07) is -0.992. The molecule has 2 rings (SSSR count). The summed E-state index contributed by atoms with van der Waals surface area (Å²) in [4.78, 5) is 45.5. The molecule has 36 heavy (non-hydrogen) atoms. The largest absolute Gasteiger partial charge is 0.480 e. The van der Waals surface area contributed by atoms with Crippen molar-refractivity contribution in [1.29, 1.82) is 0 Å². The Bertz CT molecular complexity index is 564. The van der Waals surface area contributed by atoms with Crippen LogP contribution in [0.2, 0.25) is 0 Å². The first-order chi connectivity index (χ1) is 17.2. The van der Waals surface area contributed by atoms with Gasteiger partial charge in [0.15, 0.2) is 0 Å². The maximum Gasteiger partial charge on any atom is 0.341 e. The molecule has 0 spiro atoms. The number of hydrogen-bond acceptors (Lipinski definition) is 10. The van der Waals surface area contributed by atoms with Gasteiger partial charge in [0.05, 0.1) is 0 Å². The van der Waals surface area contributed by atoms with E-state index in [-0.39, 0.29) is 17.9 Å². The zero-order valence-electron chi connectivity index (χ0n) is 22.2. The van der Waals surface area contributed by atoms with E-state index in [2.05, 4.69) is 20.8 Å². The molecule has 1 aliphatic carbocycles. The molecule has 0 aromatic heterocycles. The first kappa shape index (κ1) is 36.0. The zero-order valence-corrected chi connectivity index (χ0v) is 22.2. The van der Waals surface area contributed by atoms with Crippen molar-refractivity contribution in [2.75, 3.05) is 27.2 Å². The monoisotopic (exact) mass is 518 g/mol. The van der Waals surface area contributed by atoms with Crippen molar-refractivity contribution in [2.45, 2.75) is 102 Å². The van der Waals surface area contributed by atoms with Crippen LogP contribution in [0.3, 0.4) is 0 Å². The molecule has 12 nitrogen and oxygen atoms in total. The smallest absolute Gasteiger partial charge is 0.341 e. The number of likely N-dealkylation sites (N-methyl/N-ethyl adjacent to an activating group) is 1. The quantitative estimate of drug-likeness (QED) is 0.108. The first-order valence-corrected chi connectivity index (χ1v) is 13.0. The van der Waals surface area contributed by atoms with E-state index in [1.807, 2.05) is 7.05 Å². The number of unbranched alkanes of at least 4 members (excludes halogenated alkanes) is 2. The van der Waals surface area contributed by atoms with Gasteiger partial charge >= 0.3 is 11.9 Å². The Hall–Kier alpha value is -2.12. The molecular formula is C24H50N6O6. The van der Waals surface area contributed by atoms with Crippen molar-refractivity contribution in [2.24, 2.45) is 17.4 Å². The second kappa shape index (κ2) is 26.0. The lowest BCUT2D eigenvalue weighted by atomic mass is 10.0. The van der Waals surface area contributed by atoms with E-state index in [1.165, 1.54) is 38.5 Å². The van der Waals surface area contributed by atoms with E-state index in [1.54, 1.807) is 7.05 Å². The lowest BCUT2D eigenvalue weighted by Gasteiger charge is -2.12. The third kappa shape index (κ3) is 23.6. The fourth-order valence-corrected chi connectivity index (χ4v) is 3.31. The highest BCUT2D eigenvalue weighted by Crippen LogP contribution is 2.15. The maximum absolute atomic E-state index is 11.0. The molecule has 2 amide bonds. The van der Waals surface area contributed by atoms with Crippen molar-refractivity contribution >= 4 is 23.8 Å². The van der Waals surface area contributed by atoms with Crippen LogP contribution in [0.25, 0.3) is 0 Å². The number of aliphatic carboxylic acids is 1. The predicted octanol–water partition coefficient (Wildman–Crippen LogP) is 0.672. The molecule has 0 aromatic rings. The summed E-state index contributed by atoms with van der Waals surface area (Å²) >= 11 is 0. The fourth-order valence-electron chi connectivity index (χ4n) is 3.31. The predicted molar refractivity (Wildman–Crippen MR) is 140 cm³/mol. The highest BCUT2D eigenvalue weighted by atomic mass is 16.7. The van der Waals surface area contributed by atoms with Crippen LogP contribution in [0.15, 0.2) is 0 Å². The minimum Gasteiger partial charge on any atom is -0.480 e. The second-order valence-electron chi connectivity index (χ2n) is 8.70. The Kier molecular flexibility index (Phi) is 26.0. The number of hydrogen-bond donors (Lipinski definition) is 7. The highest BCUT2D eigenvalue weighted by molar-refractivity contribution is 6.01. The van der Waals surface area contributed by atoms with Crippen molar-refractivity contribution in [3.8, 4) is 0 Å². The standard InChI is InChI=1S/C8H19N3O2.C6H14N2O2.C6H12.C4H5NO2/c1-10-6-4-3-5-7(11-2)8(12)13-9;7-4-2-1-3-5(8)6(9)10;1-2-4-6-5-3-1;6-3-1-2-4(7)5-3/h7,10-11H,3-6,9H2,1-2H3;5H,1-4,7-8H2,(H,9,10);1-6H2;1-2H2,(H,5,6,7). The van der Waals surface area contributed by atoms with Crippen LogP contribution in [0, 0.1) is 0 Å². The summed E-state index contributed by atoms with van der Waals surface area (Å²) in [6.07, 6.45) is 14.7. The van der Waals surface area contributed by atoms with E-state index in [0.717, 1.165) is 38.6 Å². The molecule has 1 aliphatic heterocycles. The number of rotatable bonds is 12. The van der Waals surface area contributed by atoms with E-state index in [0.29, 0.717) is 25.8 Å². The van der Waals surface area contributed by atoms with Gasteiger partial charge < -0.3 is 32.0 Å². The van der Waals surface area contributed by atoms with Gasteiger partial charge in [-0.05, 0) is 52.9 Å². The van der Waals surface area contributed by atoms with Gasteiger partial charge in [0, 0.05) is 12.8 Å². The number of nitrogens with one attached hydrogen (secondary N) is 3. The molecule has 2 fully saturated rings. The third-order valence-corrected chi connectivity index (χ3v) is 5.56. The molecule has 0 radical (unpaired) electrons. The summed E-state index contributed by atoms with van der Waals surface area (Å²) < 4.78 is 0. The molecule has 2 atom stereocenters. The van der Waals surface area contributed by atoms with Gasteiger partial charge in [-0.2, -0.15) is 5.90 Å². The van der Waals surface area contributed by atoms with Crippen molar-refractivity contribution in [3.05, 3.63) is 0 Å². The molecule has 1 saturated carbocycles. The number of amides is 2. The molecule has 1 saturated heterocycles. The van der Waals surface area contributed by atoms with Crippen LogP contribution in [-0.2, 0) is 24.0 Å². The minimum absolute atomic E-state index is 0.148. The van der Waals surface area contributed by atoms with E-state index < -0.39 is 18.0 Å². The van der Waals surface area contributed by atoms with Crippen LogP contribution in [0.1, 0.15) is 89.9 Å². The van der Waals surface area contributed by atoms with Crippen molar-refractivity contribution < 1.29 is 29.1 Å². The zero-order chi connectivity index (χ0) is 27.6. The molecule has 2 unspecified atom stereocenters. The molecule has 2 aliphatic rings. The molecule has 1 heterocycles. The molecule has 212 valence electrons. The normalized spacial score (nSPS) is 16.0. The SMILES string of the molecule is C1CCCCC1.CNCCCCC(NC)C(=O)ON.NCCCCC(N)C(=O)O.O=C1CCC(=O)N1. The summed E-state index contributed by atoms with van der Waals surface area (Å²) in [5.74, 6) is 3.15. The number of imide groups is 1. The molecule has 0 aromatic carbocycles. The number of nitrogens with two attached hydrogens (primary N) is 3. The Labute approximate surface area is 215 Å². The summed E-state index contributed by atoms with van der Waals surface area (Å²) in [6.45, 7) is 1.57. The Morgan fingerprint density at radius 1 is 0.944 bits per heavy atom. The van der Waals surface area contributed by atoms with Crippen LogP contribution in [0.4, 0.5) is 0 Å². The number of carboxylic acid groups (broad SMARTS) is 1.